The second-order valence-corrected chi connectivity index (χ2v) is 11.8. The summed E-state index contributed by atoms with van der Waals surface area (Å²) < 4.78 is 16.2. The summed E-state index contributed by atoms with van der Waals surface area (Å²) in [5, 5.41) is 19.3. The van der Waals surface area contributed by atoms with Gasteiger partial charge in [0.15, 0.2) is 0 Å². The normalized spacial score (nSPS) is 14.6. The highest BCUT2D eigenvalue weighted by atomic mass is 16.5. The lowest BCUT2D eigenvalue weighted by Gasteiger charge is -2.19. The average molecular weight is 601 g/mol. The van der Waals surface area contributed by atoms with Crippen LogP contribution in [-0.2, 0) is 44.2 Å². The van der Waals surface area contributed by atoms with Gasteiger partial charge in [0.05, 0.1) is 30.1 Å². The van der Waals surface area contributed by atoms with Gasteiger partial charge in [0, 0.05) is 36.7 Å². The minimum absolute atomic E-state index is 0.401. The van der Waals surface area contributed by atoms with Gasteiger partial charge in [-0.3, -0.25) is 4.68 Å². The van der Waals surface area contributed by atoms with E-state index in [-0.39, 0.29) is 0 Å². The highest BCUT2D eigenvalue weighted by molar-refractivity contribution is 6.04. The number of hydrogen-bond acceptors (Lipinski definition) is 5. The first kappa shape index (κ1) is 31.8. The second-order valence-electron chi connectivity index (χ2n) is 11.8. The van der Waals surface area contributed by atoms with Gasteiger partial charge in [-0.2, -0.15) is 5.10 Å². The predicted molar refractivity (Wildman–Crippen MR) is 176 cm³/mol. The molecule has 0 spiro atoms. The summed E-state index contributed by atoms with van der Waals surface area (Å²) >= 11 is 0. The van der Waals surface area contributed by atoms with Crippen molar-refractivity contribution in [2.75, 3.05) is 26.3 Å². The summed E-state index contributed by atoms with van der Waals surface area (Å²) in [6, 6.07) is 12.6. The van der Waals surface area contributed by atoms with Crippen LogP contribution in [0, 0.1) is 6.92 Å². The smallest absolute Gasteiger partial charge is 0.352 e. The number of carboxylic acids is 1. The number of carbonyl (C=O) groups is 1. The molecule has 0 bridgehead atoms. The third-order valence-corrected chi connectivity index (χ3v) is 8.84. The molecule has 0 radical (unpaired) electrons. The molecule has 2 aliphatic rings. The molecule has 6 rings (SSSR count). The number of ether oxygens (including phenoxy) is 2. The van der Waals surface area contributed by atoms with Crippen LogP contribution in [0.2, 0.25) is 0 Å². The number of nitrogens with zero attached hydrogens (tertiary/aromatic N) is 3. The summed E-state index contributed by atoms with van der Waals surface area (Å²) in [7, 11) is 1.95. The van der Waals surface area contributed by atoms with E-state index in [1.54, 1.807) is 0 Å². The van der Waals surface area contributed by atoms with Crippen molar-refractivity contribution in [2.45, 2.75) is 85.3 Å². The van der Waals surface area contributed by atoms with Gasteiger partial charge in [-0.25, -0.2) is 4.79 Å². The van der Waals surface area contributed by atoms with Gasteiger partial charge in [0.25, 0.3) is 0 Å². The first-order valence-corrected chi connectivity index (χ1v) is 16.4. The SMILES string of the molecule is CCNCC.Cc1nn(C)c2c1-c1cccc3c(CCCOc4cccc5c4CCCC5)c(C(=O)O)n(c13)CCCCOC2. The molecule has 44 heavy (non-hydrogen) atoms. The van der Waals surface area contributed by atoms with E-state index in [2.05, 4.69) is 49.5 Å². The van der Waals surface area contributed by atoms with Crippen LogP contribution in [0.4, 0.5) is 0 Å². The number of rotatable bonds is 8. The van der Waals surface area contributed by atoms with Crippen LogP contribution < -0.4 is 10.1 Å². The van der Waals surface area contributed by atoms with E-state index in [1.165, 1.54) is 24.0 Å². The first-order chi connectivity index (χ1) is 21.5. The highest BCUT2D eigenvalue weighted by Crippen LogP contribution is 2.39. The molecule has 1 aliphatic heterocycles. The van der Waals surface area contributed by atoms with Crippen LogP contribution in [0.15, 0.2) is 36.4 Å². The molecule has 2 N–H and O–H groups in total. The lowest BCUT2D eigenvalue weighted by atomic mass is 9.91. The molecule has 4 aromatic rings. The van der Waals surface area contributed by atoms with E-state index in [4.69, 9.17) is 14.6 Å². The quantitative estimate of drug-likeness (QED) is 0.215. The van der Waals surface area contributed by atoms with Gasteiger partial charge in [-0.1, -0.05) is 44.2 Å². The maximum absolute atomic E-state index is 12.8. The number of para-hydroxylation sites is 1. The fourth-order valence-corrected chi connectivity index (χ4v) is 6.83. The summed E-state index contributed by atoms with van der Waals surface area (Å²) in [4.78, 5) is 12.8. The van der Waals surface area contributed by atoms with E-state index >= 15 is 0 Å². The monoisotopic (exact) mass is 600 g/mol. The Bertz CT molecular complexity index is 1580. The molecule has 236 valence electrons. The molecule has 2 aromatic heterocycles. The standard InChI is InChI=1S/C32H37N3O4.C4H11N/c1-21-29-26-14-8-13-24-25(15-9-19-39-28-16-7-11-22-10-3-4-12-23(22)28)31(32(36)37)35(30(24)26)17-5-6-18-38-20-27(29)34(2)33-21;1-3-5-4-2/h7-8,11,13-14,16H,3-6,9-10,12,15,17-20H2,1-2H3,(H,36,37);5H,3-4H2,1-2H3. The largest absolute Gasteiger partial charge is 0.493 e. The minimum atomic E-state index is -0.876. The molecule has 0 saturated heterocycles. The Morgan fingerprint density at radius 1 is 1.07 bits per heavy atom. The van der Waals surface area contributed by atoms with Gasteiger partial charge in [0.1, 0.15) is 11.4 Å². The summed E-state index contributed by atoms with van der Waals surface area (Å²) in [5.74, 6) is 0.117. The van der Waals surface area contributed by atoms with Crippen LogP contribution in [0.3, 0.4) is 0 Å². The Morgan fingerprint density at radius 3 is 2.64 bits per heavy atom. The Hall–Kier alpha value is -3.62. The second kappa shape index (κ2) is 14.9. The number of hydrogen-bond donors (Lipinski definition) is 2. The van der Waals surface area contributed by atoms with Crippen LogP contribution in [0.5, 0.6) is 5.75 Å². The van der Waals surface area contributed by atoms with E-state index in [0.717, 1.165) is 89.9 Å². The third kappa shape index (κ3) is 6.71. The van der Waals surface area contributed by atoms with Crippen molar-refractivity contribution in [3.05, 3.63) is 70.2 Å². The Kier molecular flexibility index (Phi) is 10.8. The van der Waals surface area contributed by atoms with E-state index in [0.29, 0.717) is 38.5 Å². The molecular formula is C36H48N4O4. The van der Waals surface area contributed by atoms with E-state index < -0.39 is 5.97 Å². The summed E-state index contributed by atoms with van der Waals surface area (Å²) in [5.41, 5.74) is 9.06. The molecule has 1 aliphatic carbocycles. The van der Waals surface area contributed by atoms with Crippen molar-refractivity contribution in [3.63, 3.8) is 0 Å². The molecule has 3 heterocycles. The highest BCUT2D eigenvalue weighted by Gasteiger charge is 2.27. The maximum Gasteiger partial charge on any atom is 0.352 e. The van der Waals surface area contributed by atoms with Gasteiger partial charge in [-0.15, -0.1) is 0 Å². The van der Waals surface area contributed by atoms with Gasteiger partial charge in [0.2, 0.25) is 0 Å². The van der Waals surface area contributed by atoms with Crippen LogP contribution in [0.1, 0.15) is 84.5 Å². The molecular weight excluding hydrogens is 552 g/mol. The zero-order chi connectivity index (χ0) is 31.1. The summed E-state index contributed by atoms with van der Waals surface area (Å²) in [6.45, 7) is 10.7. The topological polar surface area (TPSA) is 90.5 Å². The molecule has 0 unspecified atom stereocenters. The fourth-order valence-electron chi connectivity index (χ4n) is 6.83. The zero-order valence-electron chi connectivity index (χ0n) is 26.9. The average Bonchev–Trinajstić information content (AvgIpc) is 3.48. The van der Waals surface area contributed by atoms with Gasteiger partial charge < -0.3 is 24.5 Å². The van der Waals surface area contributed by atoms with Gasteiger partial charge >= 0.3 is 5.97 Å². The van der Waals surface area contributed by atoms with Crippen molar-refractivity contribution >= 4 is 16.9 Å². The predicted octanol–water partition coefficient (Wildman–Crippen LogP) is 6.87. The number of fused-ring (bicyclic) bond motifs is 3. The fraction of sp³-hybridized carbons (Fsp3) is 0.500. The Labute approximate surface area is 261 Å². The van der Waals surface area contributed by atoms with Crippen molar-refractivity contribution in [3.8, 4) is 16.9 Å². The number of carboxylic acid groups (broad SMARTS) is 1. The van der Waals surface area contributed by atoms with Gasteiger partial charge in [-0.05, 0) is 94.1 Å². The van der Waals surface area contributed by atoms with E-state index in [9.17, 15) is 9.90 Å². The molecule has 0 amide bonds. The van der Waals surface area contributed by atoms with Crippen LogP contribution in [0.25, 0.3) is 22.0 Å². The number of aromatic carboxylic acids is 1. The lowest BCUT2D eigenvalue weighted by Crippen LogP contribution is -2.12. The molecule has 2 aromatic carbocycles. The molecule has 0 fully saturated rings. The number of nitrogens with one attached hydrogen (secondary N) is 1. The van der Waals surface area contributed by atoms with Crippen LogP contribution >= 0.6 is 0 Å². The lowest BCUT2D eigenvalue weighted by molar-refractivity contribution is 0.0683. The number of aromatic nitrogens is 3. The van der Waals surface area contributed by atoms with Crippen molar-refractivity contribution in [1.82, 2.24) is 19.7 Å². The number of aryl methyl sites for hydroxylation is 5. The summed E-state index contributed by atoms with van der Waals surface area (Å²) in [6.07, 6.45) is 7.77. The molecule has 0 saturated carbocycles. The van der Waals surface area contributed by atoms with Crippen molar-refractivity contribution < 1.29 is 19.4 Å². The number of benzene rings is 2. The maximum atomic E-state index is 12.8. The van der Waals surface area contributed by atoms with Crippen LogP contribution in [-0.4, -0.2) is 51.7 Å². The van der Waals surface area contributed by atoms with E-state index in [1.807, 2.05) is 29.3 Å². The Morgan fingerprint density at radius 2 is 1.86 bits per heavy atom. The van der Waals surface area contributed by atoms with Crippen molar-refractivity contribution in [2.24, 2.45) is 7.05 Å². The third-order valence-electron chi connectivity index (χ3n) is 8.84. The minimum Gasteiger partial charge on any atom is -0.493 e. The zero-order valence-corrected chi connectivity index (χ0v) is 26.9. The molecule has 8 nitrogen and oxygen atoms in total. The first-order valence-electron chi connectivity index (χ1n) is 16.4. The molecule has 0 atom stereocenters. The Balaban J connectivity index is 0.000000712. The molecule has 8 heteroatoms. The van der Waals surface area contributed by atoms with Crippen molar-refractivity contribution in [1.29, 1.82) is 0 Å².